The van der Waals surface area contributed by atoms with Gasteiger partial charge in [-0.2, -0.15) is 0 Å². The molecule has 0 amide bonds. The molecule has 0 radical (unpaired) electrons. The van der Waals surface area contributed by atoms with E-state index in [0.717, 1.165) is 34.8 Å². The molecule has 1 aliphatic heterocycles. The second kappa shape index (κ2) is 4.27. The molecule has 0 atom stereocenters. The minimum Gasteiger partial charge on any atom is -0.457 e. The molecule has 2 N–H and O–H groups in total. The number of rotatable bonds is 2. The number of fused-ring (bicyclic) bond motifs is 1. The van der Waals surface area contributed by atoms with Crippen molar-refractivity contribution in [3.63, 3.8) is 0 Å². The SMILES string of the molecule is C=CC1=C(/C=C\C)Cc2c(N)cccc2O1. The van der Waals surface area contributed by atoms with Crippen LogP contribution in [0.3, 0.4) is 0 Å². The van der Waals surface area contributed by atoms with Crippen LogP contribution in [0, 0.1) is 0 Å². The molecule has 0 unspecified atom stereocenters. The van der Waals surface area contributed by atoms with Gasteiger partial charge in [0.25, 0.3) is 0 Å². The third-order valence-electron chi connectivity index (χ3n) is 2.63. The fraction of sp³-hybridized carbons (Fsp3) is 0.143. The van der Waals surface area contributed by atoms with Crippen molar-refractivity contribution in [2.24, 2.45) is 0 Å². The van der Waals surface area contributed by atoms with Gasteiger partial charge in [-0.25, -0.2) is 0 Å². The largest absolute Gasteiger partial charge is 0.457 e. The lowest BCUT2D eigenvalue weighted by atomic mass is 9.98. The van der Waals surface area contributed by atoms with Crippen molar-refractivity contribution in [2.75, 3.05) is 5.73 Å². The predicted octanol–water partition coefficient (Wildman–Crippen LogP) is 3.22. The van der Waals surface area contributed by atoms with Crippen molar-refractivity contribution in [1.82, 2.24) is 0 Å². The Balaban J connectivity index is 2.47. The first kappa shape index (κ1) is 10.6. The van der Waals surface area contributed by atoms with Gasteiger partial charge in [0, 0.05) is 17.7 Å². The average molecular weight is 213 g/mol. The molecule has 0 aliphatic carbocycles. The summed E-state index contributed by atoms with van der Waals surface area (Å²) >= 11 is 0. The van der Waals surface area contributed by atoms with E-state index in [1.54, 1.807) is 6.08 Å². The molecule has 0 saturated carbocycles. The molecule has 82 valence electrons. The van der Waals surface area contributed by atoms with Crippen molar-refractivity contribution < 1.29 is 4.74 Å². The first-order chi connectivity index (χ1) is 7.76. The van der Waals surface area contributed by atoms with Crippen LogP contribution in [0.5, 0.6) is 5.75 Å². The molecular formula is C14H15NO. The summed E-state index contributed by atoms with van der Waals surface area (Å²) in [4.78, 5) is 0. The van der Waals surface area contributed by atoms with E-state index in [1.165, 1.54) is 0 Å². The second-order valence-electron chi connectivity index (χ2n) is 3.70. The Hall–Kier alpha value is -1.96. The zero-order valence-electron chi connectivity index (χ0n) is 9.36. The van der Waals surface area contributed by atoms with Crippen LogP contribution in [0.4, 0.5) is 5.69 Å². The topological polar surface area (TPSA) is 35.2 Å². The Kier molecular flexibility index (Phi) is 2.82. The van der Waals surface area contributed by atoms with Gasteiger partial charge in [0.2, 0.25) is 0 Å². The Morgan fingerprint density at radius 1 is 1.44 bits per heavy atom. The molecule has 0 bridgehead atoms. The van der Waals surface area contributed by atoms with Crippen LogP contribution < -0.4 is 10.5 Å². The molecule has 1 aromatic carbocycles. The highest BCUT2D eigenvalue weighted by molar-refractivity contribution is 5.59. The first-order valence-electron chi connectivity index (χ1n) is 5.29. The zero-order chi connectivity index (χ0) is 11.5. The minimum atomic E-state index is 0.780. The van der Waals surface area contributed by atoms with E-state index in [1.807, 2.05) is 37.3 Å². The van der Waals surface area contributed by atoms with Crippen LogP contribution in [0.1, 0.15) is 12.5 Å². The van der Waals surface area contributed by atoms with E-state index in [9.17, 15) is 0 Å². The summed E-state index contributed by atoms with van der Waals surface area (Å²) in [5.41, 5.74) is 8.88. The molecule has 2 rings (SSSR count). The highest BCUT2D eigenvalue weighted by Crippen LogP contribution is 2.34. The predicted molar refractivity (Wildman–Crippen MR) is 67.2 cm³/mol. The van der Waals surface area contributed by atoms with Crippen LogP contribution in [0.25, 0.3) is 0 Å². The van der Waals surface area contributed by atoms with Gasteiger partial charge in [0.1, 0.15) is 11.5 Å². The molecular weight excluding hydrogens is 198 g/mol. The van der Waals surface area contributed by atoms with Gasteiger partial charge >= 0.3 is 0 Å². The molecule has 0 fully saturated rings. The molecule has 16 heavy (non-hydrogen) atoms. The number of anilines is 1. The summed E-state index contributed by atoms with van der Waals surface area (Å²) in [6, 6.07) is 5.73. The lowest BCUT2D eigenvalue weighted by Crippen LogP contribution is -2.09. The Morgan fingerprint density at radius 2 is 2.25 bits per heavy atom. The number of hydrogen-bond donors (Lipinski definition) is 1. The van der Waals surface area contributed by atoms with E-state index in [0.29, 0.717) is 0 Å². The number of hydrogen-bond acceptors (Lipinski definition) is 2. The number of nitrogens with two attached hydrogens (primary N) is 1. The van der Waals surface area contributed by atoms with E-state index in [-0.39, 0.29) is 0 Å². The van der Waals surface area contributed by atoms with Crippen molar-refractivity contribution in [3.8, 4) is 5.75 Å². The summed E-state index contributed by atoms with van der Waals surface area (Å²) in [5.74, 6) is 1.65. The second-order valence-corrected chi connectivity index (χ2v) is 3.70. The molecule has 1 aromatic rings. The molecule has 2 nitrogen and oxygen atoms in total. The molecule has 2 heteroatoms. The third kappa shape index (κ3) is 1.74. The van der Waals surface area contributed by atoms with Gasteiger partial charge < -0.3 is 10.5 Å². The summed E-state index contributed by atoms with van der Waals surface area (Å²) in [6.45, 7) is 5.75. The molecule has 0 aromatic heterocycles. The molecule has 0 spiro atoms. The number of nitrogen functional groups attached to an aromatic ring is 1. The Labute approximate surface area is 95.7 Å². The van der Waals surface area contributed by atoms with Crippen LogP contribution in [-0.2, 0) is 6.42 Å². The Morgan fingerprint density at radius 3 is 2.94 bits per heavy atom. The maximum absolute atomic E-state index is 5.93. The van der Waals surface area contributed by atoms with Gasteiger partial charge in [-0.05, 0) is 30.7 Å². The molecule has 1 heterocycles. The summed E-state index contributed by atoms with van der Waals surface area (Å²) < 4.78 is 5.76. The van der Waals surface area contributed by atoms with Crippen molar-refractivity contribution in [2.45, 2.75) is 13.3 Å². The standard InChI is InChI=1S/C14H15NO/c1-3-6-10-9-11-12(15)7-5-8-14(11)16-13(10)4-2/h3-8H,2,9,15H2,1H3/b6-3-. The van der Waals surface area contributed by atoms with E-state index < -0.39 is 0 Å². The molecule has 1 aliphatic rings. The average Bonchev–Trinajstić information content (AvgIpc) is 2.30. The van der Waals surface area contributed by atoms with Crippen LogP contribution in [-0.4, -0.2) is 0 Å². The summed E-state index contributed by atoms with van der Waals surface area (Å²) in [6.07, 6.45) is 6.56. The smallest absolute Gasteiger partial charge is 0.133 e. The molecule has 0 saturated heterocycles. The Bertz CT molecular complexity index is 484. The lowest BCUT2D eigenvalue weighted by molar-refractivity contribution is 0.423. The van der Waals surface area contributed by atoms with Crippen LogP contribution in [0.15, 0.2) is 54.3 Å². The van der Waals surface area contributed by atoms with Gasteiger partial charge in [-0.3, -0.25) is 0 Å². The summed E-state index contributed by atoms with van der Waals surface area (Å²) in [7, 11) is 0. The van der Waals surface area contributed by atoms with Gasteiger partial charge in [0.05, 0.1) is 0 Å². The monoisotopic (exact) mass is 213 g/mol. The van der Waals surface area contributed by atoms with E-state index in [2.05, 4.69) is 6.58 Å². The fourth-order valence-electron chi connectivity index (χ4n) is 1.84. The number of benzene rings is 1. The first-order valence-corrected chi connectivity index (χ1v) is 5.29. The lowest BCUT2D eigenvalue weighted by Gasteiger charge is -2.21. The zero-order valence-corrected chi connectivity index (χ0v) is 9.36. The third-order valence-corrected chi connectivity index (χ3v) is 2.63. The summed E-state index contributed by atoms with van der Waals surface area (Å²) in [5, 5.41) is 0. The van der Waals surface area contributed by atoms with Crippen LogP contribution >= 0.6 is 0 Å². The van der Waals surface area contributed by atoms with E-state index in [4.69, 9.17) is 10.5 Å². The maximum Gasteiger partial charge on any atom is 0.133 e. The fourth-order valence-corrected chi connectivity index (χ4v) is 1.84. The van der Waals surface area contributed by atoms with Gasteiger partial charge in [-0.15, -0.1) is 0 Å². The maximum atomic E-state index is 5.93. The number of allylic oxidation sites excluding steroid dienone is 4. The quantitative estimate of drug-likeness (QED) is 0.765. The van der Waals surface area contributed by atoms with Crippen LogP contribution in [0.2, 0.25) is 0 Å². The van der Waals surface area contributed by atoms with Crippen molar-refractivity contribution >= 4 is 5.69 Å². The van der Waals surface area contributed by atoms with E-state index >= 15 is 0 Å². The van der Waals surface area contributed by atoms with Crippen molar-refractivity contribution in [3.05, 3.63) is 59.9 Å². The highest BCUT2D eigenvalue weighted by Gasteiger charge is 2.17. The highest BCUT2D eigenvalue weighted by atomic mass is 16.5. The van der Waals surface area contributed by atoms with Crippen molar-refractivity contribution in [1.29, 1.82) is 0 Å². The number of ether oxygens (including phenoxy) is 1. The normalized spacial score (nSPS) is 14.8. The van der Waals surface area contributed by atoms with Gasteiger partial charge in [0.15, 0.2) is 0 Å². The van der Waals surface area contributed by atoms with Gasteiger partial charge in [-0.1, -0.05) is 24.8 Å². The minimum absolute atomic E-state index is 0.780.